The fourth-order valence-corrected chi connectivity index (χ4v) is 9.21. The Morgan fingerprint density at radius 1 is 1.12 bits per heavy atom. The van der Waals surface area contributed by atoms with Gasteiger partial charge in [-0.15, -0.1) is 0 Å². The second kappa shape index (κ2) is 13.2. The number of aliphatic carboxylic acids is 1. The number of hydrogen-bond acceptors (Lipinski definition) is 7. The summed E-state index contributed by atoms with van der Waals surface area (Å²) in [7, 11) is -1.87. The van der Waals surface area contributed by atoms with Crippen molar-refractivity contribution >= 4 is 32.5 Å². The van der Waals surface area contributed by atoms with Gasteiger partial charge in [-0.1, -0.05) is 51.5 Å². The predicted molar refractivity (Wildman–Crippen MR) is 189 cm³/mol. The van der Waals surface area contributed by atoms with Crippen molar-refractivity contribution in [3.05, 3.63) is 100 Å². The van der Waals surface area contributed by atoms with Gasteiger partial charge in [0.05, 0.1) is 28.4 Å². The van der Waals surface area contributed by atoms with Crippen LogP contribution in [0.3, 0.4) is 0 Å². The normalized spacial score (nSPS) is 20.1. The van der Waals surface area contributed by atoms with Gasteiger partial charge in [-0.25, -0.2) is 22.5 Å². The van der Waals surface area contributed by atoms with E-state index in [4.69, 9.17) is 10.1 Å². The highest BCUT2D eigenvalue weighted by atomic mass is 32.2. The molecule has 262 valence electrons. The van der Waals surface area contributed by atoms with Gasteiger partial charge in [0, 0.05) is 35.9 Å². The van der Waals surface area contributed by atoms with Crippen LogP contribution >= 0.6 is 0 Å². The number of carboxylic acid groups (broad SMARTS) is 1. The molecular weight excluding hydrogens is 658 g/mol. The van der Waals surface area contributed by atoms with Crippen molar-refractivity contribution in [1.82, 2.24) is 24.7 Å². The molecule has 4 heterocycles. The fourth-order valence-electron chi connectivity index (χ4n) is 7.21. The molecule has 2 aromatic carbocycles. The lowest BCUT2D eigenvalue weighted by atomic mass is 9.75. The third-order valence-electron chi connectivity index (χ3n) is 9.98. The van der Waals surface area contributed by atoms with Crippen molar-refractivity contribution < 1.29 is 27.5 Å². The SMILES string of the molecule is C[C@@H](Cc1cccc([C@@]2(C)CCCC(C)(C)CS(=O)(=O)CCc3c(c(F)cc4[nH]ccc34)C(=O)c3ccnc(c3)-c3nc2nn3C)c1)C(=O)O. The number of ketones is 1. The minimum absolute atomic E-state index is 0.0227. The first kappa shape index (κ1) is 35.1. The van der Waals surface area contributed by atoms with Gasteiger partial charge in [-0.05, 0) is 79.0 Å². The molecule has 0 amide bonds. The lowest BCUT2D eigenvalue weighted by Gasteiger charge is -2.31. The molecule has 0 fully saturated rings. The van der Waals surface area contributed by atoms with Gasteiger partial charge >= 0.3 is 5.97 Å². The summed E-state index contributed by atoms with van der Waals surface area (Å²) in [5, 5.41) is 15.0. The van der Waals surface area contributed by atoms with Gasteiger partial charge in [0.1, 0.15) is 11.5 Å². The van der Waals surface area contributed by atoms with Crippen LogP contribution in [0.25, 0.3) is 22.4 Å². The molecule has 4 bridgehead atoms. The zero-order valence-electron chi connectivity index (χ0n) is 29.0. The number of carbonyl (C=O) groups excluding carboxylic acids is 1. The minimum atomic E-state index is -3.62. The summed E-state index contributed by atoms with van der Waals surface area (Å²) >= 11 is 0. The number of carbonyl (C=O) groups is 2. The smallest absolute Gasteiger partial charge is 0.306 e. The molecule has 0 spiro atoms. The maximum Gasteiger partial charge on any atom is 0.306 e. The van der Waals surface area contributed by atoms with Crippen molar-refractivity contribution in [2.45, 2.75) is 65.2 Å². The van der Waals surface area contributed by atoms with Crippen LogP contribution in [0.2, 0.25) is 0 Å². The number of nitrogens with one attached hydrogen (secondary N) is 1. The van der Waals surface area contributed by atoms with Crippen molar-refractivity contribution in [3.63, 3.8) is 0 Å². The van der Waals surface area contributed by atoms with E-state index in [0.717, 1.165) is 11.1 Å². The molecule has 2 atom stereocenters. The number of pyridine rings is 1. The fraction of sp³-hybridized carbons (Fsp3) is 0.395. The van der Waals surface area contributed by atoms with E-state index in [-0.39, 0.29) is 29.1 Å². The van der Waals surface area contributed by atoms with Gasteiger partial charge in [0.25, 0.3) is 0 Å². The Bertz CT molecular complexity index is 2220. The van der Waals surface area contributed by atoms with Gasteiger partial charge in [0.15, 0.2) is 27.3 Å². The average molecular weight is 700 g/mol. The molecule has 50 heavy (non-hydrogen) atoms. The van der Waals surface area contributed by atoms with Crippen LogP contribution in [0.1, 0.15) is 85.4 Å². The van der Waals surface area contributed by atoms with E-state index in [9.17, 15) is 23.1 Å². The van der Waals surface area contributed by atoms with E-state index in [0.29, 0.717) is 59.5 Å². The first-order valence-corrected chi connectivity index (χ1v) is 18.6. The van der Waals surface area contributed by atoms with Crippen LogP contribution in [0.4, 0.5) is 4.39 Å². The zero-order valence-corrected chi connectivity index (χ0v) is 29.8. The molecule has 10 nitrogen and oxygen atoms in total. The molecule has 0 saturated carbocycles. The summed E-state index contributed by atoms with van der Waals surface area (Å²) < 4.78 is 44.7. The number of benzene rings is 2. The number of fused-ring (bicyclic) bond motifs is 8. The molecular formula is C38H42FN5O5S. The van der Waals surface area contributed by atoms with Crippen molar-refractivity contribution in [3.8, 4) is 11.5 Å². The van der Waals surface area contributed by atoms with E-state index >= 15 is 4.39 Å². The molecule has 0 aliphatic carbocycles. The first-order valence-electron chi connectivity index (χ1n) is 16.8. The zero-order chi connectivity index (χ0) is 36.0. The highest BCUT2D eigenvalue weighted by Crippen LogP contribution is 2.39. The van der Waals surface area contributed by atoms with E-state index < -0.39 is 44.2 Å². The molecule has 3 aromatic heterocycles. The maximum absolute atomic E-state index is 15.8. The number of carboxylic acids is 1. The Morgan fingerprint density at radius 3 is 2.66 bits per heavy atom. The molecule has 2 N–H and O–H groups in total. The van der Waals surface area contributed by atoms with Crippen LogP contribution in [0.15, 0.2) is 60.9 Å². The number of halogens is 1. The third-order valence-corrected chi connectivity index (χ3v) is 12.0. The summed E-state index contributed by atoms with van der Waals surface area (Å²) in [4.78, 5) is 38.2. The molecule has 1 aliphatic heterocycles. The van der Waals surface area contributed by atoms with Gasteiger partial charge < -0.3 is 10.1 Å². The van der Waals surface area contributed by atoms with Crippen LogP contribution in [0, 0.1) is 17.2 Å². The van der Waals surface area contributed by atoms with Crippen LogP contribution in [-0.4, -0.2) is 61.5 Å². The summed E-state index contributed by atoms with van der Waals surface area (Å²) in [6.45, 7) is 7.59. The topological polar surface area (TPSA) is 148 Å². The monoisotopic (exact) mass is 699 g/mol. The number of nitrogens with zero attached hydrogens (tertiary/aromatic N) is 4. The van der Waals surface area contributed by atoms with Crippen LogP contribution in [0.5, 0.6) is 0 Å². The van der Waals surface area contributed by atoms with Crippen molar-refractivity contribution in [2.24, 2.45) is 18.4 Å². The van der Waals surface area contributed by atoms with Crippen LogP contribution in [-0.2, 0) is 39.9 Å². The Kier molecular flexibility index (Phi) is 9.28. The Balaban J connectivity index is 1.50. The highest BCUT2D eigenvalue weighted by molar-refractivity contribution is 7.91. The first-order chi connectivity index (χ1) is 23.6. The second-order valence-electron chi connectivity index (χ2n) is 14.6. The van der Waals surface area contributed by atoms with Gasteiger partial charge in [-0.3, -0.25) is 14.6 Å². The molecule has 0 radical (unpaired) electrons. The number of sulfone groups is 1. The van der Waals surface area contributed by atoms with E-state index in [1.54, 1.807) is 37.0 Å². The van der Waals surface area contributed by atoms with Crippen molar-refractivity contribution in [1.29, 1.82) is 0 Å². The third kappa shape index (κ3) is 6.98. The van der Waals surface area contributed by atoms with Gasteiger partial charge in [-0.2, -0.15) is 5.10 Å². The highest BCUT2D eigenvalue weighted by Gasteiger charge is 2.36. The number of H-pyrrole nitrogens is 1. The largest absolute Gasteiger partial charge is 0.481 e. The summed E-state index contributed by atoms with van der Waals surface area (Å²) in [6, 6.07) is 13.9. The van der Waals surface area contributed by atoms with E-state index in [2.05, 4.69) is 9.97 Å². The number of hydrogen-bond donors (Lipinski definition) is 2. The van der Waals surface area contributed by atoms with Crippen LogP contribution < -0.4 is 0 Å². The maximum atomic E-state index is 15.8. The average Bonchev–Trinajstić information content (AvgIpc) is 3.69. The Hall–Kier alpha value is -4.71. The number of rotatable bonds is 4. The molecule has 0 unspecified atom stereocenters. The molecule has 1 aliphatic rings. The predicted octanol–water partition coefficient (Wildman–Crippen LogP) is 6.47. The summed E-state index contributed by atoms with van der Waals surface area (Å²) in [5.74, 6) is -2.14. The van der Waals surface area contributed by atoms with E-state index in [1.165, 1.54) is 18.3 Å². The minimum Gasteiger partial charge on any atom is -0.481 e. The summed E-state index contributed by atoms with van der Waals surface area (Å²) in [5.41, 5.74) is 1.69. The summed E-state index contributed by atoms with van der Waals surface area (Å²) in [6.07, 6.45) is 5.28. The van der Waals surface area contributed by atoms with E-state index in [1.807, 2.05) is 45.0 Å². The second-order valence-corrected chi connectivity index (χ2v) is 16.8. The molecule has 5 aromatic rings. The number of aromatic nitrogens is 5. The molecule has 6 rings (SSSR count). The number of aromatic amines is 1. The molecule has 0 saturated heterocycles. The molecule has 12 heteroatoms. The standard InChI is InChI=1S/C38H42FN5O5S/c1-23(35(46)47)18-24-8-6-9-26(19-24)38(4)14-7-13-37(2,3)22-50(48,49)17-12-28-27-11-16-40-30(27)21-29(39)32(28)33(45)25-10-15-41-31(20-25)34-42-36(38)43-44(34)5/h6,8-11,15-16,19-21,23,40H,7,12-14,17-18,22H2,1-5H3,(H,46,47)/t23-,38+/m0/s1. The van der Waals surface area contributed by atoms with Crippen molar-refractivity contribution in [2.75, 3.05) is 11.5 Å². The Labute approximate surface area is 291 Å². The lowest BCUT2D eigenvalue weighted by Crippen LogP contribution is -2.29. The van der Waals surface area contributed by atoms with Gasteiger partial charge in [0.2, 0.25) is 0 Å². The Morgan fingerprint density at radius 2 is 1.90 bits per heavy atom. The lowest BCUT2D eigenvalue weighted by molar-refractivity contribution is -0.141. The quantitative estimate of drug-likeness (QED) is 0.217. The number of aryl methyl sites for hydroxylation is 2.